The second-order valence-corrected chi connectivity index (χ2v) is 7.74. The monoisotopic (exact) mass is 447 g/mol. The van der Waals surface area contributed by atoms with Gasteiger partial charge in [0.2, 0.25) is 0 Å². The van der Waals surface area contributed by atoms with E-state index in [0.29, 0.717) is 6.04 Å². The van der Waals surface area contributed by atoms with Gasteiger partial charge in [0.15, 0.2) is 5.82 Å². The van der Waals surface area contributed by atoms with Crippen LogP contribution in [0.5, 0.6) is 0 Å². The van der Waals surface area contributed by atoms with Gasteiger partial charge in [0.25, 0.3) is 0 Å². The standard InChI is InChI=1S/C23H28F3N5O/c1-4-5-6-7-8-21-28-18-15-17(9-11-19(18)31(21)14-13-27-16(2)3)10-12-20-29-22(32-30-20)23(24,25)26/h5-6,9-12,15-16,27H,4,7-8,13-14H2,1-3H3/b6-5-,12-10+. The zero-order valence-corrected chi connectivity index (χ0v) is 18.5. The highest BCUT2D eigenvalue weighted by molar-refractivity contribution is 5.81. The maximum absolute atomic E-state index is 12.6. The van der Waals surface area contributed by atoms with Gasteiger partial charge >= 0.3 is 12.1 Å². The Morgan fingerprint density at radius 1 is 1.16 bits per heavy atom. The number of hydrogen-bond donors (Lipinski definition) is 1. The summed E-state index contributed by atoms with van der Waals surface area (Å²) in [5.41, 5.74) is 2.66. The average Bonchev–Trinajstić information content (AvgIpc) is 3.34. The van der Waals surface area contributed by atoms with Crippen molar-refractivity contribution in [1.29, 1.82) is 0 Å². The van der Waals surface area contributed by atoms with E-state index in [4.69, 9.17) is 4.98 Å². The number of aromatic nitrogens is 4. The summed E-state index contributed by atoms with van der Waals surface area (Å²) in [6, 6.07) is 6.20. The van der Waals surface area contributed by atoms with Crippen LogP contribution in [0.4, 0.5) is 13.2 Å². The van der Waals surface area contributed by atoms with Crippen LogP contribution in [0.2, 0.25) is 0 Å². The van der Waals surface area contributed by atoms with Crippen molar-refractivity contribution in [3.63, 3.8) is 0 Å². The van der Waals surface area contributed by atoms with E-state index >= 15 is 0 Å². The van der Waals surface area contributed by atoms with Gasteiger partial charge in [0, 0.05) is 25.6 Å². The van der Waals surface area contributed by atoms with Crippen molar-refractivity contribution in [2.45, 2.75) is 58.8 Å². The van der Waals surface area contributed by atoms with Gasteiger partial charge in [-0.15, -0.1) is 0 Å². The summed E-state index contributed by atoms with van der Waals surface area (Å²) in [5.74, 6) is -0.477. The lowest BCUT2D eigenvalue weighted by Gasteiger charge is -2.12. The van der Waals surface area contributed by atoms with Crippen LogP contribution in [-0.4, -0.2) is 32.3 Å². The molecule has 0 aliphatic heterocycles. The summed E-state index contributed by atoms with van der Waals surface area (Å²) in [6.07, 6.45) is 5.46. The Labute approximate surface area is 185 Å². The Bertz CT molecular complexity index is 1080. The number of aryl methyl sites for hydroxylation is 1. The van der Waals surface area contributed by atoms with Gasteiger partial charge in [-0.05, 0) is 36.6 Å². The number of imidazole rings is 1. The minimum absolute atomic E-state index is 0.133. The molecule has 3 aromatic rings. The molecule has 0 atom stereocenters. The number of fused-ring (bicyclic) bond motifs is 1. The van der Waals surface area contributed by atoms with Crippen molar-refractivity contribution in [2.24, 2.45) is 0 Å². The number of hydrogen-bond acceptors (Lipinski definition) is 5. The fraction of sp³-hybridized carbons (Fsp3) is 0.435. The second kappa shape index (κ2) is 10.6. The maximum Gasteiger partial charge on any atom is 0.471 e. The Balaban J connectivity index is 1.82. The molecule has 0 aliphatic carbocycles. The molecule has 2 heterocycles. The Kier molecular flexibility index (Phi) is 7.84. The lowest BCUT2D eigenvalue weighted by molar-refractivity contribution is -0.159. The van der Waals surface area contributed by atoms with E-state index < -0.39 is 12.1 Å². The fourth-order valence-electron chi connectivity index (χ4n) is 3.29. The third kappa shape index (κ3) is 6.29. The van der Waals surface area contributed by atoms with Crippen LogP contribution in [-0.2, 0) is 19.1 Å². The van der Waals surface area contributed by atoms with Crippen LogP contribution in [0.3, 0.4) is 0 Å². The molecule has 32 heavy (non-hydrogen) atoms. The van der Waals surface area contributed by atoms with Crippen LogP contribution in [0, 0.1) is 0 Å². The normalized spacial score (nSPS) is 12.8. The number of benzene rings is 1. The molecule has 0 saturated heterocycles. The minimum atomic E-state index is -4.65. The van der Waals surface area contributed by atoms with E-state index in [1.165, 1.54) is 6.08 Å². The van der Waals surface area contributed by atoms with E-state index in [2.05, 4.69) is 57.5 Å². The summed E-state index contributed by atoms with van der Waals surface area (Å²) in [5, 5.41) is 6.79. The molecule has 6 nitrogen and oxygen atoms in total. The average molecular weight is 448 g/mol. The molecule has 0 unspecified atom stereocenters. The molecule has 172 valence electrons. The summed E-state index contributed by atoms with van der Waals surface area (Å²) in [7, 11) is 0. The number of allylic oxidation sites excluding steroid dienone is 2. The van der Waals surface area contributed by atoms with Crippen molar-refractivity contribution in [3.8, 4) is 0 Å². The molecule has 0 bridgehead atoms. The minimum Gasteiger partial charge on any atom is -0.329 e. The van der Waals surface area contributed by atoms with E-state index in [0.717, 1.165) is 54.8 Å². The van der Waals surface area contributed by atoms with Gasteiger partial charge < -0.3 is 14.4 Å². The topological polar surface area (TPSA) is 68.8 Å². The highest BCUT2D eigenvalue weighted by Gasteiger charge is 2.38. The van der Waals surface area contributed by atoms with Crippen molar-refractivity contribution in [2.75, 3.05) is 6.54 Å². The lowest BCUT2D eigenvalue weighted by Crippen LogP contribution is -2.27. The van der Waals surface area contributed by atoms with Gasteiger partial charge in [-0.25, -0.2) is 4.98 Å². The molecule has 0 amide bonds. The highest BCUT2D eigenvalue weighted by atomic mass is 19.4. The summed E-state index contributed by atoms with van der Waals surface area (Å²) in [4.78, 5) is 8.18. The predicted molar refractivity (Wildman–Crippen MR) is 119 cm³/mol. The van der Waals surface area contributed by atoms with Gasteiger partial charge in [0.1, 0.15) is 5.82 Å². The zero-order valence-electron chi connectivity index (χ0n) is 18.5. The molecule has 2 aromatic heterocycles. The SMILES string of the molecule is CC/C=C\CCc1nc2cc(/C=C/c3noc(C(F)(F)F)n3)ccc2n1CCNC(C)C. The predicted octanol–water partition coefficient (Wildman–Crippen LogP) is 5.51. The molecule has 0 aliphatic rings. The molecule has 0 radical (unpaired) electrons. The summed E-state index contributed by atoms with van der Waals surface area (Å²) >= 11 is 0. The fourth-order valence-corrected chi connectivity index (χ4v) is 3.29. The van der Waals surface area contributed by atoms with Crippen LogP contribution >= 0.6 is 0 Å². The molecule has 1 N–H and O–H groups in total. The molecule has 9 heteroatoms. The molecule has 0 saturated carbocycles. The number of rotatable bonds is 10. The van der Waals surface area contributed by atoms with E-state index in [9.17, 15) is 13.2 Å². The first kappa shape index (κ1) is 23.7. The molecule has 0 fully saturated rings. The van der Waals surface area contributed by atoms with Crippen molar-refractivity contribution in [1.82, 2.24) is 25.0 Å². The molecule has 0 spiro atoms. The Hall–Kier alpha value is -2.94. The van der Waals surface area contributed by atoms with Gasteiger partial charge in [0.05, 0.1) is 11.0 Å². The summed E-state index contributed by atoms with van der Waals surface area (Å²) in [6.45, 7) is 7.98. The molecule has 3 rings (SSSR count). The van der Waals surface area contributed by atoms with Crippen molar-refractivity contribution < 1.29 is 17.7 Å². The van der Waals surface area contributed by atoms with Crippen LogP contribution in [0.25, 0.3) is 23.2 Å². The first-order valence-corrected chi connectivity index (χ1v) is 10.7. The first-order valence-electron chi connectivity index (χ1n) is 10.7. The smallest absolute Gasteiger partial charge is 0.329 e. The third-order valence-electron chi connectivity index (χ3n) is 4.79. The maximum atomic E-state index is 12.6. The molecular formula is C23H28F3N5O. The first-order chi connectivity index (χ1) is 15.3. The quantitative estimate of drug-likeness (QED) is 0.415. The number of alkyl halides is 3. The Morgan fingerprint density at radius 3 is 2.66 bits per heavy atom. The van der Waals surface area contributed by atoms with E-state index in [1.54, 1.807) is 6.08 Å². The highest BCUT2D eigenvalue weighted by Crippen LogP contribution is 2.27. The van der Waals surface area contributed by atoms with E-state index in [1.807, 2.05) is 18.2 Å². The molecular weight excluding hydrogens is 419 g/mol. The van der Waals surface area contributed by atoms with Gasteiger partial charge in [-0.2, -0.15) is 18.2 Å². The van der Waals surface area contributed by atoms with E-state index in [-0.39, 0.29) is 5.82 Å². The van der Waals surface area contributed by atoms with Crippen LogP contribution in [0.1, 0.15) is 56.7 Å². The second-order valence-electron chi connectivity index (χ2n) is 7.74. The largest absolute Gasteiger partial charge is 0.471 e. The third-order valence-corrected chi connectivity index (χ3v) is 4.79. The zero-order chi connectivity index (χ0) is 23.1. The van der Waals surface area contributed by atoms with Crippen LogP contribution < -0.4 is 5.32 Å². The number of halogens is 3. The van der Waals surface area contributed by atoms with Gasteiger partial charge in [-0.3, -0.25) is 0 Å². The lowest BCUT2D eigenvalue weighted by atomic mass is 10.2. The number of nitrogens with one attached hydrogen (secondary N) is 1. The number of nitrogens with zero attached hydrogens (tertiary/aromatic N) is 4. The van der Waals surface area contributed by atoms with Gasteiger partial charge in [-0.1, -0.05) is 50.2 Å². The molecule has 1 aromatic carbocycles. The Morgan fingerprint density at radius 2 is 1.97 bits per heavy atom. The van der Waals surface area contributed by atoms with Crippen molar-refractivity contribution >= 4 is 23.2 Å². The van der Waals surface area contributed by atoms with Crippen molar-refractivity contribution in [3.05, 3.63) is 53.5 Å². The van der Waals surface area contributed by atoms with Crippen LogP contribution in [0.15, 0.2) is 34.9 Å². The summed E-state index contributed by atoms with van der Waals surface area (Å²) < 4.78 is 44.3.